The smallest absolute Gasteiger partial charge is 0.0509 e. The molecule has 1 unspecified atom stereocenters. The van der Waals surface area contributed by atoms with Crippen molar-refractivity contribution in [1.29, 1.82) is 0 Å². The van der Waals surface area contributed by atoms with Gasteiger partial charge in [0.1, 0.15) is 0 Å². The van der Waals surface area contributed by atoms with Gasteiger partial charge in [-0.3, -0.25) is 4.98 Å². The predicted molar refractivity (Wildman–Crippen MR) is 73.8 cm³/mol. The Kier molecular flexibility index (Phi) is 4.27. The molecule has 0 saturated carbocycles. The van der Waals surface area contributed by atoms with Gasteiger partial charge < -0.3 is 4.90 Å². The minimum atomic E-state index is 0.551. The summed E-state index contributed by atoms with van der Waals surface area (Å²) in [7, 11) is 0. The Hall–Kier alpha value is -0.760. The molecule has 1 atom stereocenters. The van der Waals surface area contributed by atoms with Crippen LogP contribution in [0, 0.1) is 12.8 Å². The zero-order valence-corrected chi connectivity index (χ0v) is 11.5. The number of hydrogen-bond acceptors (Lipinski definition) is 2. The van der Waals surface area contributed by atoms with Crippen LogP contribution in [0.4, 0.5) is 5.69 Å². The summed E-state index contributed by atoms with van der Waals surface area (Å²) >= 11 is 6.01. The van der Waals surface area contributed by atoms with Gasteiger partial charge in [-0.25, -0.2) is 0 Å². The van der Waals surface area contributed by atoms with Crippen LogP contribution in [0.3, 0.4) is 0 Å². The van der Waals surface area contributed by atoms with Crippen LogP contribution >= 0.6 is 11.6 Å². The first-order valence-corrected chi connectivity index (χ1v) is 7.04. The van der Waals surface area contributed by atoms with Crippen LogP contribution in [0.2, 0.25) is 0 Å². The molecule has 1 aliphatic heterocycles. The number of anilines is 1. The van der Waals surface area contributed by atoms with Gasteiger partial charge >= 0.3 is 0 Å². The lowest BCUT2D eigenvalue weighted by molar-refractivity contribution is 0.404. The fourth-order valence-corrected chi connectivity index (χ4v) is 2.79. The Labute approximate surface area is 109 Å². The molecule has 0 N–H and O–H groups in total. The van der Waals surface area contributed by atoms with Crippen molar-refractivity contribution in [3.05, 3.63) is 23.5 Å². The van der Waals surface area contributed by atoms with Crippen molar-refractivity contribution >= 4 is 17.3 Å². The van der Waals surface area contributed by atoms with Crippen molar-refractivity contribution in [3.63, 3.8) is 0 Å². The summed E-state index contributed by atoms with van der Waals surface area (Å²) in [4.78, 5) is 6.82. The van der Waals surface area contributed by atoms with Gasteiger partial charge in [0.05, 0.1) is 5.88 Å². The van der Waals surface area contributed by atoms with Gasteiger partial charge in [0, 0.05) is 36.2 Å². The molecule has 0 spiro atoms. The molecular weight excluding hydrogens is 232 g/mol. The van der Waals surface area contributed by atoms with Crippen LogP contribution in [0.25, 0.3) is 0 Å². The fraction of sp³-hybridized carbons (Fsp3) is 0.643. The number of aryl methyl sites for hydroxylation is 1. The van der Waals surface area contributed by atoms with Gasteiger partial charge in [0.15, 0.2) is 0 Å². The zero-order valence-electron chi connectivity index (χ0n) is 10.7. The molecule has 3 heteroatoms. The highest BCUT2D eigenvalue weighted by Crippen LogP contribution is 2.28. The number of aromatic nitrogens is 1. The van der Waals surface area contributed by atoms with Crippen LogP contribution < -0.4 is 4.90 Å². The third kappa shape index (κ3) is 2.92. The molecule has 1 aromatic heterocycles. The van der Waals surface area contributed by atoms with E-state index in [4.69, 9.17) is 11.6 Å². The summed E-state index contributed by atoms with van der Waals surface area (Å²) in [5.41, 5.74) is 3.53. The molecule has 17 heavy (non-hydrogen) atoms. The second kappa shape index (κ2) is 5.72. The highest BCUT2D eigenvalue weighted by atomic mass is 35.5. The minimum absolute atomic E-state index is 0.551. The molecule has 2 rings (SSSR count). The number of alkyl halides is 1. The van der Waals surface area contributed by atoms with Gasteiger partial charge in [-0.15, -0.1) is 11.6 Å². The summed E-state index contributed by atoms with van der Waals surface area (Å²) in [5, 5.41) is 0. The van der Waals surface area contributed by atoms with Crippen molar-refractivity contribution in [2.24, 2.45) is 5.92 Å². The van der Waals surface area contributed by atoms with Crippen LogP contribution in [0.1, 0.15) is 37.4 Å². The van der Waals surface area contributed by atoms with Crippen LogP contribution in [-0.4, -0.2) is 18.1 Å². The molecule has 94 valence electrons. The summed E-state index contributed by atoms with van der Waals surface area (Å²) in [6.45, 7) is 6.66. The van der Waals surface area contributed by atoms with Crippen molar-refractivity contribution in [1.82, 2.24) is 4.98 Å². The van der Waals surface area contributed by atoms with Gasteiger partial charge in [0.25, 0.3) is 0 Å². The third-order valence-corrected chi connectivity index (χ3v) is 3.97. The molecule has 0 aromatic carbocycles. The summed E-state index contributed by atoms with van der Waals surface area (Å²) in [6.07, 6.45) is 5.86. The van der Waals surface area contributed by atoms with Gasteiger partial charge in [-0.2, -0.15) is 0 Å². The molecule has 0 aliphatic carbocycles. The third-order valence-electron chi connectivity index (χ3n) is 3.68. The fourth-order valence-electron chi connectivity index (χ4n) is 2.59. The second-order valence-corrected chi connectivity index (χ2v) is 5.22. The maximum absolute atomic E-state index is 6.01. The topological polar surface area (TPSA) is 16.1 Å². The number of halogens is 1. The number of nitrogens with zero attached hydrogens (tertiary/aromatic N) is 2. The van der Waals surface area contributed by atoms with Crippen molar-refractivity contribution in [2.75, 3.05) is 18.0 Å². The molecule has 0 bridgehead atoms. The Morgan fingerprint density at radius 3 is 3.06 bits per heavy atom. The van der Waals surface area contributed by atoms with Gasteiger partial charge in [-0.1, -0.05) is 13.3 Å². The molecule has 0 radical (unpaired) electrons. The van der Waals surface area contributed by atoms with Crippen LogP contribution in [0.15, 0.2) is 12.3 Å². The number of pyridine rings is 1. The van der Waals surface area contributed by atoms with E-state index >= 15 is 0 Å². The second-order valence-electron chi connectivity index (χ2n) is 4.95. The summed E-state index contributed by atoms with van der Waals surface area (Å²) in [5.74, 6) is 1.39. The van der Waals surface area contributed by atoms with E-state index < -0.39 is 0 Å². The maximum Gasteiger partial charge on any atom is 0.0509 e. The van der Waals surface area contributed by atoms with E-state index in [-0.39, 0.29) is 0 Å². The molecule has 0 amide bonds. The number of hydrogen-bond donors (Lipinski definition) is 0. The monoisotopic (exact) mass is 252 g/mol. The average Bonchev–Trinajstić information content (AvgIpc) is 2.39. The molecule has 2 nitrogen and oxygen atoms in total. The first kappa shape index (κ1) is 12.7. The molecule has 1 saturated heterocycles. The SMILES string of the molecule is CCC1CCCN(c2cc(C)ncc2CCl)C1. The first-order chi connectivity index (χ1) is 8.24. The highest BCUT2D eigenvalue weighted by Gasteiger charge is 2.20. The van der Waals surface area contributed by atoms with Gasteiger partial charge in [-0.05, 0) is 31.7 Å². The standard InChI is InChI=1S/C14H21ClN2/c1-3-12-5-4-6-17(10-12)14-7-11(2)16-9-13(14)8-15/h7,9,12H,3-6,8,10H2,1-2H3. The molecular formula is C14H21ClN2. The first-order valence-electron chi connectivity index (χ1n) is 6.51. The largest absolute Gasteiger partial charge is 0.371 e. The lowest BCUT2D eigenvalue weighted by Crippen LogP contribution is -2.35. The quantitative estimate of drug-likeness (QED) is 0.762. The van der Waals surface area contributed by atoms with E-state index in [9.17, 15) is 0 Å². The minimum Gasteiger partial charge on any atom is -0.371 e. The number of piperidine rings is 1. The highest BCUT2D eigenvalue weighted by molar-refractivity contribution is 6.17. The predicted octanol–water partition coefficient (Wildman–Crippen LogP) is 3.76. The molecule has 1 aromatic rings. The Morgan fingerprint density at radius 1 is 1.53 bits per heavy atom. The van der Waals surface area contributed by atoms with Gasteiger partial charge in [0.2, 0.25) is 0 Å². The molecule has 1 aliphatic rings. The lowest BCUT2D eigenvalue weighted by Gasteiger charge is -2.35. The Balaban J connectivity index is 2.22. The zero-order chi connectivity index (χ0) is 12.3. The summed E-state index contributed by atoms with van der Waals surface area (Å²) < 4.78 is 0. The normalized spacial score (nSPS) is 20.6. The van der Waals surface area contributed by atoms with E-state index in [1.807, 2.05) is 13.1 Å². The van der Waals surface area contributed by atoms with E-state index in [2.05, 4.69) is 22.9 Å². The van der Waals surface area contributed by atoms with Crippen LogP contribution in [0.5, 0.6) is 0 Å². The van der Waals surface area contributed by atoms with E-state index in [0.29, 0.717) is 5.88 Å². The molecule has 2 heterocycles. The molecule has 1 fully saturated rings. The van der Waals surface area contributed by atoms with Crippen molar-refractivity contribution < 1.29 is 0 Å². The average molecular weight is 253 g/mol. The Morgan fingerprint density at radius 2 is 2.35 bits per heavy atom. The lowest BCUT2D eigenvalue weighted by atomic mass is 9.95. The number of rotatable bonds is 3. The van der Waals surface area contributed by atoms with E-state index in [1.54, 1.807) is 0 Å². The summed E-state index contributed by atoms with van der Waals surface area (Å²) in [6, 6.07) is 2.18. The van der Waals surface area contributed by atoms with E-state index in [0.717, 1.165) is 23.7 Å². The van der Waals surface area contributed by atoms with Crippen LogP contribution in [-0.2, 0) is 5.88 Å². The Bertz CT molecular complexity index is 378. The van der Waals surface area contributed by atoms with Crippen molar-refractivity contribution in [2.45, 2.75) is 39.0 Å². The van der Waals surface area contributed by atoms with Crippen molar-refractivity contribution in [3.8, 4) is 0 Å². The van der Waals surface area contributed by atoms with E-state index in [1.165, 1.54) is 31.5 Å². The maximum atomic E-state index is 6.01.